The number of nitrogens with two attached hydrogens (primary N) is 1. The van der Waals surface area contributed by atoms with Crippen LogP contribution in [0.4, 0.5) is 0 Å². The third-order valence-corrected chi connectivity index (χ3v) is 4.17. The van der Waals surface area contributed by atoms with Crippen molar-refractivity contribution in [2.24, 2.45) is 5.73 Å². The zero-order chi connectivity index (χ0) is 14.0. The molecule has 1 aliphatic carbocycles. The maximum Gasteiger partial charge on any atom is 0.0473 e. The van der Waals surface area contributed by atoms with E-state index in [1.807, 2.05) is 0 Å². The molecule has 1 saturated carbocycles. The normalized spacial score (nSPS) is 17.8. The van der Waals surface area contributed by atoms with Crippen LogP contribution in [0.1, 0.15) is 57.7 Å². The highest BCUT2D eigenvalue weighted by Gasteiger charge is 2.32. The Morgan fingerprint density at radius 1 is 1.21 bits per heavy atom. The summed E-state index contributed by atoms with van der Waals surface area (Å²) in [6, 6.07) is 10.2. The molecule has 1 aromatic carbocycles. The van der Waals surface area contributed by atoms with Gasteiger partial charge in [0.15, 0.2) is 0 Å². The van der Waals surface area contributed by atoms with E-state index in [-0.39, 0.29) is 5.41 Å². The van der Waals surface area contributed by atoms with Crippen molar-refractivity contribution in [3.8, 4) is 0 Å². The molecule has 2 heteroatoms. The molecule has 0 spiro atoms. The monoisotopic (exact) mass is 260 g/mol. The van der Waals surface area contributed by atoms with Crippen LogP contribution in [0.25, 0.3) is 0 Å². The number of rotatable bonds is 5. The smallest absolute Gasteiger partial charge is 0.0473 e. The highest BCUT2D eigenvalue weighted by molar-refractivity contribution is 5.29. The molecule has 1 unspecified atom stereocenters. The van der Waals surface area contributed by atoms with Crippen LogP contribution in [0.5, 0.6) is 0 Å². The number of hydrogen-bond acceptors (Lipinski definition) is 2. The second kappa shape index (κ2) is 5.64. The van der Waals surface area contributed by atoms with Crippen LogP contribution >= 0.6 is 0 Å². The van der Waals surface area contributed by atoms with Gasteiger partial charge >= 0.3 is 0 Å². The van der Waals surface area contributed by atoms with Crippen molar-refractivity contribution in [3.63, 3.8) is 0 Å². The third-order valence-electron chi connectivity index (χ3n) is 4.17. The predicted octanol–water partition coefficient (Wildman–Crippen LogP) is 3.47. The van der Waals surface area contributed by atoms with Gasteiger partial charge in [-0.2, -0.15) is 0 Å². The van der Waals surface area contributed by atoms with Gasteiger partial charge in [-0.1, -0.05) is 52.0 Å². The van der Waals surface area contributed by atoms with Gasteiger partial charge in [0.1, 0.15) is 0 Å². The van der Waals surface area contributed by atoms with E-state index in [0.29, 0.717) is 12.6 Å². The Morgan fingerprint density at radius 2 is 1.79 bits per heavy atom. The lowest BCUT2D eigenvalue weighted by Crippen LogP contribution is -2.35. The fraction of sp³-hybridized carbons (Fsp3) is 0.647. The van der Waals surface area contributed by atoms with Crippen molar-refractivity contribution in [1.29, 1.82) is 0 Å². The quantitative estimate of drug-likeness (QED) is 0.878. The second-order valence-corrected chi connectivity index (χ2v) is 6.69. The van der Waals surface area contributed by atoms with E-state index >= 15 is 0 Å². The molecule has 2 N–H and O–H groups in total. The summed E-state index contributed by atoms with van der Waals surface area (Å²) in [5, 5.41) is 0. The average Bonchev–Trinajstić information content (AvgIpc) is 3.19. The van der Waals surface area contributed by atoms with Crippen molar-refractivity contribution in [1.82, 2.24) is 4.90 Å². The molecular weight excluding hydrogens is 232 g/mol. The van der Waals surface area contributed by atoms with Gasteiger partial charge in [-0.3, -0.25) is 4.90 Å². The Bertz CT molecular complexity index is 398. The molecule has 2 rings (SSSR count). The molecule has 0 amide bonds. The Balaban J connectivity index is 2.18. The van der Waals surface area contributed by atoms with Gasteiger partial charge in [-0.05, 0) is 35.9 Å². The summed E-state index contributed by atoms with van der Waals surface area (Å²) in [5.41, 5.74) is 9.00. The zero-order valence-corrected chi connectivity index (χ0v) is 12.8. The number of hydrogen-bond donors (Lipinski definition) is 1. The molecule has 0 heterocycles. The van der Waals surface area contributed by atoms with Gasteiger partial charge in [-0.25, -0.2) is 0 Å². The predicted molar refractivity (Wildman–Crippen MR) is 82.3 cm³/mol. The molecule has 0 saturated heterocycles. The Labute approximate surface area is 118 Å². The maximum absolute atomic E-state index is 6.03. The average molecular weight is 260 g/mol. The van der Waals surface area contributed by atoms with Crippen molar-refractivity contribution in [2.45, 2.75) is 58.0 Å². The Kier molecular flexibility index (Phi) is 4.32. The van der Waals surface area contributed by atoms with Crippen LogP contribution in [0.2, 0.25) is 0 Å². The lowest BCUT2D eigenvalue weighted by molar-refractivity contribution is 0.202. The molecule has 1 aromatic rings. The van der Waals surface area contributed by atoms with Gasteiger partial charge in [-0.15, -0.1) is 0 Å². The van der Waals surface area contributed by atoms with Gasteiger partial charge in [0.2, 0.25) is 0 Å². The highest BCUT2D eigenvalue weighted by Crippen LogP contribution is 2.34. The van der Waals surface area contributed by atoms with Crippen LogP contribution in [-0.4, -0.2) is 24.0 Å². The van der Waals surface area contributed by atoms with Crippen LogP contribution in [-0.2, 0) is 5.41 Å². The van der Waals surface area contributed by atoms with Gasteiger partial charge < -0.3 is 5.73 Å². The number of nitrogens with zero attached hydrogens (tertiary/aromatic N) is 1. The summed E-state index contributed by atoms with van der Waals surface area (Å²) >= 11 is 0. The standard InChI is InChI=1S/C17H28N2/c1-5-19(15-10-11-15)16(12-18)13-6-8-14(9-7-13)17(2,3)4/h6-9,15-16H,5,10-12,18H2,1-4H3. The molecular formula is C17H28N2. The molecule has 1 aliphatic rings. The van der Waals surface area contributed by atoms with Crippen LogP contribution in [0.3, 0.4) is 0 Å². The zero-order valence-electron chi connectivity index (χ0n) is 12.8. The third kappa shape index (κ3) is 3.37. The molecule has 1 fully saturated rings. The van der Waals surface area contributed by atoms with E-state index in [4.69, 9.17) is 5.73 Å². The molecule has 0 bridgehead atoms. The fourth-order valence-electron chi connectivity index (χ4n) is 2.81. The maximum atomic E-state index is 6.03. The van der Waals surface area contributed by atoms with Crippen LogP contribution in [0, 0.1) is 0 Å². The van der Waals surface area contributed by atoms with E-state index in [0.717, 1.165) is 12.6 Å². The summed E-state index contributed by atoms with van der Waals surface area (Å²) < 4.78 is 0. The summed E-state index contributed by atoms with van der Waals surface area (Å²) in [5.74, 6) is 0. The van der Waals surface area contributed by atoms with Crippen molar-refractivity contribution >= 4 is 0 Å². The SMILES string of the molecule is CCN(C1CC1)C(CN)c1ccc(C(C)(C)C)cc1. The molecule has 2 nitrogen and oxygen atoms in total. The molecule has 1 atom stereocenters. The molecule has 0 aromatic heterocycles. The summed E-state index contributed by atoms with van der Waals surface area (Å²) in [6.07, 6.45) is 2.68. The Hall–Kier alpha value is -0.860. The minimum atomic E-state index is 0.220. The number of likely N-dealkylation sites (N-methyl/N-ethyl adjacent to an activating group) is 1. The molecule has 0 aliphatic heterocycles. The first kappa shape index (κ1) is 14.5. The largest absolute Gasteiger partial charge is 0.329 e. The highest BCUT2D eigenvalue weighted by atomic mass is 15.2. The van der Waals surface area contributed by atoms with Crippen molar-refractivity contribution < 1.29 is 0 Å². The van der Waals surface area contributed by atoms with E-state index in [2.05, 4.69) is 56.9 Å². The van der Waals surface area contributed by atoms with Crippen molar-refractivity contribution in [2.75, 3.05) is 13.1 Å². The summed E-state index contributed by atoms with van der Waals surface area (Å²) in [6.45, 7) is 10.8. The lowest BCUT2D eigenvalue weighted by Gasteiger charge is -2.30. The molecule has 19 heavy (non-hydrogen) atoms. The Morgan fingerprint density at radius 3 is 2.16 bits per heavy atom. The van der Waals surface area contributed by atoms with E-state index in [1.165, 1.54) is 24.0 Å². The first-order valence-corrected chi connectivity index (χ1v) is 7.53. The van der Waals surface area contributed by atoms with E-state index in [1.54, 1.807) is 0 Å². The van der Waals surface area contributed by atoms with Gasteiger partial charge in [0.25, 0.3) is 0 Å². The minimum Gasteiger partial charge on any atom is -0.329 e. The summed E-state index contributed by atoms with van der Waals surface area (Å²) in [4.78, 5) is 2.56. The fourth-order valence-corrected chi connectivity index (χ4v) is 2.81. The first-order chi connectivity index (χ1) is 8.97. The molecule has 0 radical (unpaired) electrons. The first-order valence-electron chi connectivity index (χ1n) is 7.53. The van der Waals surface area contributed by atoms with E-state index in [9.17, 15) is 0 Å². The van der Waals surface area contributed by atoms with E-state index < -0.39 is 0 Å². The van der Waals surface area contributed by atoms with Crippen LogP contribution in [0.15, 0.2) is 24.3 Å². The van der Waals surface area contributed by atoms with Crippen LogP contribution < -0.4 is 5.73 Å². The van der Waals surface area contributed by atoms with Crippen molar-refractivity contribution in [3.05, 3.63) is 35.4 Å². The number of benzene rings is 1. The van der Waals surface area contributed by atoms with Gasteiger partial charge in [0.05, 0.1) is 0 Å². The molecule has 106 valence electrons. The minimum absolute atomic E-state index is 0.220. The lowest BCUT2D eigenvalue weighted by atomic mass is 9.86. The summed E-state index contributed by atoms with van der Waals surface area (Å²) in [7, 11) is 0. The van der Waals surface area contributed by atoms with Gasteiger partial charge in [0, 0.05) is 18.6 Å². The second-order valence-electron chi connectivity index (χ2n) is 6.69. The topological polar surface area (TPSA) is 29.3 Å².